The predicted molar refractivity (Wildman–Crippen MR) is 50.8 cm³/mol. The molecule has 13 heavy (non-hydrogen) atoms. The molecule has 0 fully saturated rings. The zero-order valence-corrected chi connectivity index (χ0v) is 7.32. The lowest BCUT2D eigenvalue weighted by atomic mass is 10.1. The smallest absolute Gasteiger partial charge is 0.144 e. The van der Waals surface area contributed by atoms with E-state index >= 15 is 0 Å². The Bertz CT molecular complexity index is 368. The Labute approximate surface area is 77.1 Å². The Morgan fingerprint density at radius 3 is 2.46 bits per heavy atom. The first-order valence-electron chi connectivity index (χ1n) is 3.90. The summed E-state index contributed by atoms with van der Waals surface area (Å²) in [4.78, 5) is 10.2. The highest BCUT2D eigenvalue weighted by Crippen LogP contribution is 2.13. The van der Waals surface area contributed by atoms with E-state index in [1.165, 1.54) is 6.08 Å². The van der Waals surface area contributed by atoms with Crippen LogP contribution < -0.4 is 0 Å². The van der Waals surface area contributed by atoms with Gasteiger partial charge >= 0.3 is 0 Å². The fraction of sp³-hybridized carbons (Fsp3) is 0.0909. The van der Waals surface area contributed by atoms with Crippen LogP contribution in [0.15, 0.2) is 30.3 Å². The van der Waals surface area contributed by atoms with Crippen molar-refractivity contribution in [1.82, 2.24) is 0 Å². The number of allylic oxidation sites excluding steroid dienone is 2. The molecule has 0 heterocycles. The van der Waals surface area contributed by atoms with Crippen molar-refractivity contribution < 1.29 is 4.79 Å². The average Bonchev–Trinajstić information content (AvgIpc) is 2.16. The van der Waals surface area contributed by atoms with Crippen LogP contribution in [0.4, 0.5) is 0 Å². The molecule has 2 heteroatoms. The van der Waals surface area contributed by atoms with Crippen LogP contribution in [0.2, 0.25) is 0 Å². The summed E-state index contributed by atoms with van der Waals surface area (Å²) in [6.07, 6.45) is 1.89. The molecule has 64 valence electrons. The maximum Gasteiger partial charge on any atom is 0.144 e. The van der Waals surface area contributed by atoms with E-state index in [4.69, 9.17) is 5.26 Å². The molecule has 0 saturated heterocycles. The van der Waals surface area contributed by atoms with Crippen molar-refractivity contribution in [2.45, 2.75) is 6.92 Å². The van der Waals surface area contributed by atoms with Gasteiger partial charge in [-0.15, -0.1) is 0 Å². The first-order valence-corrected chi connectivity index (χ1v) is 3.90. The van der Waals surface area contributed by atoms with Crippen LogP contribution >= 0.6 is 0 Å². The molecule has 0 aliphatic rings. The van der Waals surface area contributed by atoms with E-state index in [1.54, 1.807) is 0 Å². The highest BCUT2D eigenvalue weighted by atomic mass is 16.1. The molecule has 1 aromatic carbocycles. The lowest BCUT2D eigenvalue weighted by molar-refractivity contribution is -0.104. The second kappa shape index (κ2) is 4.22. The van der Waals surface area contributed by atoms with Crippen molar-refractivity contribution in [3.8, 4) is 6.07 Å². The first-order chi connectivity index (χ1) is 6.27. The van der Waals surface area contributed by atoms with E-state index in [-0.39, 0.29) is 0 Å². The van der Waals surface area contributed by atoms with Gasteiger partial charge in [-0.3, -0.25) is 4.79 Å². The van der Waals surface area contributed by atoms with Gasteiger partial charge in [0, 0.05) is 0 Å². The number of aldehydes is 1. The molecule has 0 amide bonds. The van der Waals surface area contributed by atoms with E-state index < -0.39 is 0 Å². The van der Waals surface area contributed by atoms with Crippen molar-refractivity contribution in [3.05, 3.63) is 41.5 Å². The lowest BCUT2D eigenvalue weighted by Crippen LogP contribution is -1.82. The molecule has 0 spiro atoms. The minimum Gasteiger partial charge on any atom is -0.299 e. The van der Waals surface area contributed by atoms with Gasteiger partial charge in [-0.25, -0.2) is 0 Å². The van der Waals surface area contributed by atoms with E-state index in [2.05, 4.69) is 0 Å². The number of aryl methyl sites for hydroxylation is 1. The number of carbonyl (C=O) groups excluding carboxylic acids is 1. The molecule has 0 aromatic heterocycles. The molecule has 2 nitrogen and oxygen atoms in total. The van der Waals surface area contributed by atoms with Gasteiger partial charge in [-0.1, -0.05) is 29.8 Å². The topological polar surface area (TPSA) is 40.9 Å². The molecular weight excluding hydrogens is 162 g/mol. The van der Waals surface area contributed by atoms with Crippen LogP contribution in [-0.4, -0.2) is 6.29 Å². The van der Waals surface area contributed by atoms with Gasteiger partial charge in [0.1, 0.15) is 6.29 Å². The summed E-state index contributed by atoms with van der Waals surface area (Å²) >= 11 is 0. The molecule has 0 aliphatic carbocycles. The summed E-state index contributed by atoms with van der Waals surface area (Å²) < 4.78 is 0. The number of nitrogens with zero attached hydrogens (tertiary/aromatic N) is 1. The van der Waals surface area contributed by atoms with Crippen LogP contribution in [0.25, 0.3) is 5.57 Å². The normalized spacial score (nSPS) is 10.6. The zero-order chi connectivity index (χ0) is 9.68. The second-order valence-corrected chi connectivity index (χ2v) is 2.69. The first kappa shape index (κ1) is 9.21. The number of benzene rings is 1. The van der Waals surface area contributed by atoms with Gasteiger partial charge < -0.3 is 0 Å². The number of carbonyl (C=O) groups is 1. The van der Waals surface area contributed by atoms with Gasteiger partial charge in [-0.2, -0.15) is 5.26 Å². The molecule has 0 saturated carbocycles. The Balaban J connectivity index is 3.08. The Morgan fingerprint density at radius 1 is 1.38 bits per heavy atom. The van der Waals surface area contributed by atoms with Crippen LogP contribution in [0.3, 0.4) is 0 Å². The third kappa shape index (κ3) is 2.28. The van der Waals surface area contributed by atoms with Gasteiger partial charge in [-0.05, 0) is 18.6 Å². The van der Waals surface area contributed by atoms with Crippen molar-refractivity contribution >= 4 is 11.9 Å². The molecule has 0 unspecified atom stereocenters. The summed E-state index contributed by atoms with van der Waals surface area (Å²) in [5.41, 5.74) is 2.31. The molecule has 0 radical (unpaired) electrons. The van der Waals surface area contributed by atoms with Crippen molar-refractivity contribution in [2.24, 2.45) is 0 Å². The Hall–Kier alpha value is -1.88. The SMILES string of the molecule is Cc1ccc(C(C#N)=CC=O)cc1. The monoisotopic (exact) mass is 171 g/mol. The molecule has 1 aromatic rings. The molecule has 0 atom stereocenters. The van der Waals surface area contributed by atoms with Crippen LogP contribution in [0, 0.1) is 18.3 Å². The van der Waals surface area contributed by atoms with Gasteiger partial charge in [0.05, 0.1) is 11.6 Å². The summed E-state index contributed by atoms with van der Waals surface area (Å²) in [6, 6.07) is 9.44. The molecule has 0 aliphatic heterocycles. The summed E-state index contributed by atoms with van der Waals surface area (Å²) in [5.74, 6) is 0. The fourth-order valence-electron chi connectivity index (χ4n) is 0.999. The minimum atomic E-state index is 0.398. The average molecular weight is 171 g/mol. The number of hydrogen-bond acceptors (Lipinski definition) is 2. The van der Waals surface area contributed by atoms with E-state index in [9.17, 15) is 4.79 Å². The van der Waals surface area contributed by atoms with Crippen LogP contribution in [-0.2, 0) is 4.79 Å². The predicted octanol–water partition coefficient (Wildman–Crippen LogP) is 2.10. The zero-order valence-electron chi connectivity index (χ0n) is 7.32. The van der Waals surface area contributed by atoms with E-state index in [0.717, 1.165) is 11.1 Å². The van der Waals surface area contributed by atoms with Crippen LogP contribution in [0.5, 0.6) is 0 Å². The van der Waals surface area contributed by atoms with Gasteiger partial charge in [0.2, 0.25) is 0 Å². The fourth-order valence-corrected chi connectivity index (χ4v) is 0.999. The molecular formula is C11H9NO. The van der Waals surface area contributed by atoms with E-state index in [0.29, 0.717) is 11.9 Å². The highest BCUT2D eigenvalue weighted by Gasteiger charge is 1.97. The number of hydrogen-bond donors (Lipinski definition) is 0. The number of rotatable bonds is 2. The Morgan fingerprint density at radius 2 is 2.00 bits per heavy atom. The van der Waals surface area contributed by atoms with Crippen LogP contribution in [0.1, 0.15) is 11.1 Å². The molecule has 0 bridgehead atoms. The lowest BCUT2D eigenvalue weighted by Gasteiger charge is -1.97. The quantitative estimate of drug-likeness (QED) is 0.388. The van der Waals surface area contributed by atoms with E-state index in [1.807, 2.05) is 37.3 Å². The summed E-state index contributed by atoms with van der Waals surface area (Å²) in [7, 11) is 0. The van der Waals surface area contributed by atoms with Gasteiger partial charge in [0.25, 0.3) is 0 Å². The van der Waals surface area contributed by atoms with Gasteiger partial charge in [0.15, 0.2) is 0 Å². The maximum absolute atomic E-state index is 10.2. The highest BCUT2D eigenvalue weighted by molar-refractivity contribution is 5.87. The molecule has 1 rings (SSSR count). The second-order valence-electron chi connectivity index (χ2n) is 2.69. The third-order valence-corrected chi connectivity index (χ3v) is 1.72. The minimum absolute atomic E-state index is 0.398. The maximum atomic E-state index is 10.2. The van der Waals surface area contributed by atoms with Crippen molar-refractivity contribution in [1.29, 1.82) is 5.26 Å². The largest absolute Gasteiger partial charge is 0.299 e. The van der Waals surface area contributed by atoms with Crippen molar-refractivity contribution in [3.63, 3.8) is 0 Å². The number of nitriles is 1. The standard InChI is InChI=1S/C11H9NO/c1-9-2-4-10(5-3-9)11(8-12)6-7-13/h2-7H,1H3. The molecule has 0 N–H and O–H groups in total. The summed E-state index contributed by atoms with van der Waals surface area (Å²) in [5, 5.41) is 8.70. The summed E-state index contributed by atoms with van der Waals surface area (Å²) in [6.45, 7) is 1.97. The Kier molecular flexibility index (Phi) is 2.99. The third-order valence-electron chi connectivity index (χ3n) is 1.72. The van der Waals surface area contributed by atoms with Crippen molar-refractivity contribution in [2.75, 3.05) is 0 Å².